The number of amides is 4. The highest BCUT2D eigenvalue weighted by molar-refractivity contribution is 6.11. The number of carbonyl (C=O) groups is 4. The van der Waals surface area contributed by atoms with Gasteiger partial charge in [-0.25, -0.2) is 0 Å². The Hall–Kier alpha value is -3.66. The van der Waals surface area contributed by atoms with Crippen LogP contribution >= 0.6 is 0 Å². The number of nitrogens with one attached hydrogen (secondary N) is 1. The third-order valence-corrected chi connectivity index (χ3v) is 6.50. The van der Waals surface area contributed by atoms with Gasteiger partial charge in [-0.15, -0.1) is 0 Å². The van der Waals surface area contributed by atoms with E-state index < -0.39 is 18.0 Å². The molecule has 10 heteroatoms. The van der Waals surface area contributed by atoms with E-state index in [4.69, 9.17) is 17.3 Å². The largest absolute Gasteiger partial charge is 0.489 e. The van der Waals surface area contributed by atoms with Crippen LogP contribution in [0.4, 0.5) is 0 Å². The summed E-state index contributed by atoms with van der Waals surface area (Å²) in [6.45, 7) is 1.37. The van der Waals surface area contributed by atoms with E-state index in [1.54, 1.807) is 17.0 Å². The van der Waals surface area contributed by atoms with Crippen molar-refractivity contribution < 1.29 is 28.7 Å². The summed E-state index contributed by atoms with van der Waals surface area (Å²) in [5.41, 5.74) is 3.15. The number of hydrogen-bond acceptors (Lipinski definition) is 6. The molecule has 2 atom stereocenters. The summed E-state index contributed by atoms with van der Waals surface area (Å²) < 4.78 is 11.2. The Labute approximate surface area is 203 Å². The molecule has 0 bridgehead atoms. The number of piperidine rings is 1. The molecule has 1 N–H and O–H groups in total. The summed E-state index contributed by atoms with van der Waals surface area (Å²) in [4.78, 5) is 51.9. The standard InChI is InChI=1S/C25H24BN3O6/c26-21-12-28(23(31)14-35-21)10-15-4-6-16(7-5-15)13-34-20-3-1-2-17-18(20)11-29(25(17)33)19-8-9-22(30)27-24(19)32/h1-7,19,21H,8-14H2,(H,27,30,32). The van der Waals surface area contributed by atoms with Gasteiger partial charge < -0.3 is 19.3 Å². The van der Waals surface area contributed by atoms with Gasteiger partial charge in [-0.1, -0.05) is 30.3 Å². The normalized spacial score (nSPS) is 22.3. The Morgan fingerprint density at radius 3 is 2.60 bits per heavy atom. The molecule has 0 spiro atoms. The molecule has 2 saturated heterocycles. The summed E-state index contributed by atoms with van der Waals surface area (Å²) in [5.74, 6) is -0.487. The van der Waals surface area contributed by atoms with Crippen molar-refractivity contribution in [1.29, 1.82) is 0 Å². The van der Waals surface area contributed by atoms with Gasteiger partial charge in [0.25, 0.3) is 5.91 Å². The molecule has 9 nitrogen and oxygen atoms in total. The molecule has 2 aromatic carbocycles. The van der Waals surface area contributed by atoms with Gasteiger partial charge in [-0.2, -0.15) is 0 Å². The second kappa shape index (κ2) is 9.54. The molecule has 178 valence electrons. The Morgan fingerprint density at radius 2 is 1.83 bits per heavy atom. The zero-order chi connectivity index (χ0) is 24.5. The van der Waals surface area contributed by atoms with Gasteiger partial charge in [-0.3, -0.25) is 24.5 Å². The van der Waals surface area contributed by atoms with Crippen molar-refractivity contribution in [3.05, 3.63) is 64.7 Å². The minimum Gasteiger partial charge on any atom is -0.489 e. The maximum atomic E-state index is 13.0. The predicted octanol–water partition coefficient (Wildman–Crippen LogP) is 0.880. The fourth-order valence-corrected chi connectivity index (χ4v) is 4.61. The van der Waals surface area contributed by atoms with E-state index in [0.717, 1.165) is 16.7 Å². The Balaban J connectivity index is 1.23. The zero-order valence-electron chi connectivity index (χ0n) is 19.1. The number of benzene rings is 2. The molecule has 3 aliphatic heterocycles. The van der Waals surface area contributed by atoms with Crippen LogP contribution in [0.25, 0.3) is 0 Å². The maximum absolute atomic E-state index is 13.0. The maximum Gasteiger partial charge on any atom is 0.255 e. The van der Waals surface area contributed by atoms with Crippen molar-refractivity contribution in [1.82, 2.24) is 15.1 Å². The van der Waals surface area contributed by atoms with Crippen LogP contribution in [0.1, 0.15) is 39.9 Å². The van der Waals surface area contributed by atoms with Crippen LogP contribution in [0.5, 0.6) is 5.75 Å². The van der Waals surface area contributed by atoms with E-state index in [1.807, 2.05) is 30.3 Å². The van der Waals surface area contributed by atoms with Crippen molar-refractivity contribution in [2.75, 3.05) is 13.2 Å². The van der Waals surface area contributed by atoms with E-state index in [1.165, 1.54) is 4.90 Å². The summed E-state index contributed by atoms with van der Waals surface area (Å²) in [6, 6.07) is 11.9. The molecule has 2 aromatic rings. The zero-order valence-corrected chi connectivity index (χ0v) is 19.1. The molecule has 3 heterocycles. The lowest BCUT2D eigenvalue weighted by Crippen LogP contribution is -2.52. The first-order chi connectivity index (χ1) is 16.9. The van der Waals surface area contributed by atoms with Gasteiger partial charge in [0.15, 0.2) is 0 Å². The van der Waals surface area contributed by atoms with Crippen LogP contribution in [-0.4, -0.2) is 66.5 Å². The van der Waals surface area contributed by atoms with Crippen molar-refractivity contribution in [2.24, 2.45) is 0 Å². The number of hydrogen-bond donors (Lipinski definition) is 1. The van der Waals surface area contributed by atoms with Crippen LogP contribution in [0.15, 0.2) is 42.5 Å². The first-order valence-corrected chi connectivity index (χ1v) is 11.5. The highest BCUT2D eigenvalue weighted by atomic mass is 16.5. The van der Waals surface area contributed by atoms with E-state index in [-0.39, 0.29) is 37.3 Å². The quantitative estimate of drug-likeness (QED) is 0.494. The van der Waals surface area contributed by atoms with Gasteiger partial charge in [0.2, 0.25) is 17.7 Å². The lowest BCUT2D eigenvalue weighted by Gasteiger charge is -2.31. The first kappa shape index (κ1) is 23.1. The van der Waals surface area contributed by atoms with Gasteiger partial charge in [0.1, 0.15) is 32.9 Å². The van der Waals surface area contributed by atoms with Crippen molar-refractivity contribution >= 4 is 31.5 Å². The number of carbonyl (C=O) groups excluding carboxylic acids is 4. The monoisotopic (exact) mass is 473 g/mol. The highest BCUT2D eigenvalue weighted by Crippen LogP contribution is 2.34. The number of morpholine rings is 1. The predicted molar refractivity (Wildman–Crippen MR) is 124 cm³/mol. The van der Waals surface area contributed by atoms with Crippen LogP contribution < -0.4 is 10.1 Å². The minimum absolute atomic E-state index is 0.00202. The number of nitrogens with zero attached hydrogens (tertiary/aromatic N) is 2. The lowest BCUT2D eigenvalue weighted by atomic mass is 9.98. The van der Waals surface area contributed by atoms with Gasteiger partial charge in [0, 0.05) is 36.6 Å². The molecule has 0 aromatic heterocycles. The first-order valence-electron chi connectivity index (χ1n) is 11.5. The molecule has 2 radical (unpaired) electrons. The summed E-state index contributed by atoms with van der Waals surface area (Å²) in [5, 5.41) is 2.31. The van der Waals surface area contributed by atoms with E-state index in [0.29, 0.717) is 37.4 Å². The molecule has 2 fully saturated rings. The van der Waals surface area contributed by atoms with E-state index in [2.05, 4.69) is 5.32 Å². The molecular formula is C25H24BN3O6. The second-order valence-electron chi connectivity index (χ2n) is 8.91. The number of ether oxygens (including phenoxy) is 2. The van der Waals surface area contributed by atoms with Crippen molar-refractivity contribution in [3.8, 4) is 5.75 Å². The summed E-state index contributed by atoms with van der Waals surface area (Å²) in [6.07, 6.45) is 0.525. The van der Waals surface area contributed by atoms with E-state index in [9.17, 15) is 19.2 Å². The van der Waals surface area contributed by atoms with Crippen LogP contribution in [0.3, 0.4) is 0 Å². The minimum atomic E-state index is -0.666. The van der Waals surface area contributed by atoms with Gasteiger partial charge >= 0.3 is 0 Å². The molecule has 3 aliphatic rings. The van der Waals surface area contributed by atoms with Crippen LogP contribution in [-0.2, 0) is 38.8 Å². The molecule has 35 heavy (non-hydrogen) atoms. The average molecular weight is 473 g/mol. The summed E-state index contributed by atoms with van der Waals surface area (Å²) in [7, 11) is 5.78. The van der Waals surface area contributed by atoms with Crippen LogP contribution in [0.2, 0.25) is 0 Å². The van der Waals surface area contributed by atoms with Gasteiger partial charge in [-0.05, 0) is 29.7 Å². The van der Waals surface area contributed by atoms with Gasteiger partial charge in [0.05, 0.1) is 6.54 Å². The number of imide groups is 1. The fraction of sp³-hybridized carbons (Fsp3) is 0.360. The van der Waals surface area contributed by atoms with Crippen molar-refractivity contribution in [2.45, 2.75) is 44.6 Å². The van der Waals surface area contributed by atoms with E-state index >= 15 is 0 Å². The number of rotatable bonds is 6. The fourth-order valence-electron chi connectivity index (χ4n) is 4.61. The third-order valence-electron chi connectivity index (χ3n) is 6.50. The topological polar surface area (TPSA) is 105 Å². The second-order valence-corrected chi connectivity index (χ2v) is 8.91. The van der Waals surface area contributed by atoms with Crippen molar-refractivity contribution in [3.63, 3.8) is 0 Å². The third kappa shape index (κ3) is 4.79. The summed E-state index contributed by atoms with van der Waals surface area (Å²) >= 11 is 0. The molecule has 0 saturated carbocycles. The lowest BCUT2D eigenvalue weighted by molar-refractivity contribution is -0.145. The smallest absolute Gasteiger partial charge is 0.255 e. The Kier molecular flexibility index (Phi) is 6.30. The van der Waals surface area contributed by atoms with Crippen LogP contribution in [0, 0.1) is 0 Å². The number of fused-ring (bicyclic) bond motifs is 1. The molecule has 2 unspecified atom stereocenters. The molecule has 4 amide bonds. The average Bonchev–Trinajstić information content (AvgIpc) is 3.18. The molecule has 0 aliphatic carbocycles. The Bertz CT molecular complexity index is 1180. The Morgan fingerprint density at radius 1 is 1.06 bits per heavy atom. The molecule has 5 rings (SSSR count). The molecular weight excluding hydrogens is 449 g/mol. The SMILES string of the molecule is [B]C1CN(Cc2ccc(COc3cccc4c3CN(C3CCC(=O)NC3=O)C4=O)cc2)C(=O)CO1. The highest BCUT2D eigenvalue weighted by Gasteiger charge is 2.40.